The van der Waals surface area contributed by atoms with Gasteiger partial charge in [0, 0.05) is 12.1 Å². The maximum Gasteiger partial charge on any atom is 0.335 e. The van der Waals surface area contributed by atoms with Crippen molar-refractivity contribution in [1.29, 1.82) is 0 Å². The number of carboxylic acid groups (broad SMARTS) is 1. The molecule has 10 heteroatoms. The van der Waals surface area contributed by atoms with Gasteiger partial charge in [0.15, 0.2) is 0 Å². The third kappa shape index (κ3) is 6.08. The Morgan fingerprint density at radius 1 is 0.833 bits per heavy atom. The molecule has 7 atom stereocenters. The predicted octanol–water partition coefficient (Wildman–Crippen LogP) is 2.64. The van der Waals surface area contributed by atoms with Crippen LogP contribution in [0.5, 0.6) is 0 Å². The van der Waals surface area contributed by atoms with E-state index < -0.39 is 43.1 Å². The van der Waals surface area contributed by atoms with E-state index in [1.807, 2.05) is 24.3 Å². The highest BCUT2D eigenvalue weighted by Crippen LogP contribution is 2.46. The third-order valence-electron chi connectivity index (χ3n) is 8.25. The number of carbonyl (C=O) groups is 2. The second-order valence-corrected chi connectivity index (χ2v) is 10.9. The Labute approximate surface area is 242 Å². The number of hydrogen-bond donors (Lipinski definition) is 5. The van der Waals surface area contributed by atoms with Crippen LogP contribution in [0.15, 0.2) is 72.8 Å². The summed E-state index contributed by atoms with van der Waals surface area (Å²) < 4.78 is 18.9. The van der Waals surface area contributed by atoms with Crippen LogP contribution in [0.4, 0.5) is 10.1 Å². The molecule has 2 fully saturated rings. The summed E-state index contributed by atoms with van der Waals surface area (Å²) in [4.78, 5) is 26.4. The Hall–Kier alpha value is -3.67. The number of carboxylic acids is 1. The molecule has 5 rings (SSSR count). The van der Waals surface area contributed by atoms with Crippen LogP contribution in [-0.2, 0) is 22.4 Å². The van der Waals surface area contributed by atoms with Crippen molar-refractivity contribution in [3.63, 3.8) is 0 Å². The number of anilines is 1. The minimum Gasteiger partial charge on any atom is -0.478 e. The van der Waals surface area contributed by atoms with Crippen LogP contribution >= 0.6 is 0 Å². The van der Waals surface area contributed by atoms with Gasteiger partial charge in [0.2, 0.25) is 5.91 Å². The van der Waals surface area contributed by atoms with Crippen LogP contribution in [0, 0.1) is 11.7 Å². The van der Waals surface area contributed by atoms with Gasteiger partial charge in [0.1, 0.15) is 30.2 Å². The summed E-state index contributed by atoms with van der Waals surface area (Å²) in [5, 5.41) is 49.3. The van der Waals surface area contributed by atoms with E-state index in [2.05, 4.69) is 0 Å². The number of nitrogens with zero attached hydrogens (tertiary/aromatic N) is 1. The van der Waals surface area contributed by atoms with Crippen LogP contribution < -0.4 is 4.90 Å². The molecular formula is C32H34FNO8. The van der Waals surface area contributed by atoms with Gasteiger partial charge >= 0.3 is 5.97 Å². The van der Waals surface area contributed by atoms with E-state index in [0.717, 1.165) is 23.1 Å². The molecule has 2 heterocycles. The molecule has 42 heavy (non-hydrogen) atoms. The molecule has 0 bridgehead atoms. The molecule has 1 amide bonds. The predicted molar refractivity (Wildman–Crippen MR) is 150 cm³/mol. The summed E-state index contributed by atoms with van der Waals surface area (Å²) in [5.41, 5.74) is 3.37. The van der Waals surface area contributed by atoms with Crippen LogP contribution in [0.25, 0.3) is 0 Å². The van der Waals surface area contributed by atoms with Crippen molar-refractivity contribution in [2.45, 2.75) is 62.2 Å². The molecule has 222 valence electrons. The number of β-lactam (4-membered cyclic amide) rings is 1. The van der Waals surface area contributed by atoms with Crippen molar-refractivity contribution in [2.75, 3.05) is 11.5 Å². The molecule has 0 radical (unpaired) electrons. The second kappa shape index (κ2) is 12.7. The zero-order valence-electron chi connectivity index (χ0n) is 22.8. The molecule has 0 aliphatic carbocycles. The van der Waals surface area contributed by atoms with Crippen LogP contribution in [0.3, 0.4) is 0 Å². The molecule has 2 saturated heterocycles. The largest absolute Gasteiger partial charge is 0.478 e. The average Bonchev–Trinajstić information content (AvgIpc) is 2.99. The Bertz CT molecular complexity index is 1380. The quantitative estimate of drug-likeness (QED) is 0.230. The monoisotopic (exact) mass is 579 g/mol. The smallest absolute Gasteiger partial charge is 0.335 e. The fourth-order valence-corrected chi connectivity index (χ4v) is 5.87. The van der Waals surface area contributed by atoms with Crippen molar-refractivity contribution in [3.05, 3.63) is 101 Å². The van der Waals surface area contributed by atoms with E-state index in [1.54, 1.807) is 29.2 Å². The molecule has 9 nitrogen and oxygen atoms in total. The molecule has 5 N–H and O–H groups in total. The molecule has 3 aromatic rings. The fourth-order valence-electron chi connectivity index (χ4n) is 5.87. The van der Waals surface area contributed by atoms with Crippen molar-refractivity contribution in [1.82, 2.24) is 0 Å². The van der Waals surface area contributed by atoms with E-state index in [9.17, 15) is 39.5 Å². The van der Waals surface area contributed by atoms with Gasteiger partial charge < -0.3 is 35.2 Å². The molecule has 0 saturated carbocycles. The van der Waals surface area contributed by atoms with Crippen molar-refractivity contribution < 1.29 is 44.2 Å². The number of aliphatic hydroxyl groups excluding tert-OH is 4. The topological polar surface area (TPSA) is 148 Å². The van der Waals surface area contributed by atoms with Crippen LogP contribution in [0.2, 0.25) is 0 Å². The molecule has 2 aliphatic rings. The zero-order valence-corrected chi connectivity index (χ0v) is 22.8. The highest BCUT2D eigenvalue weighted by atomic mass is 19.1. The Morgan fingerprint density at radius 3 is 2.07 bits per heavy atom. The first kappa shape index (κ1) is 29.8. The number of carbonyl (C=O) groups excluding carboxylic acids is 1. The van der Waals surface area contributed by atoms with Gasteiger partial charge in [-0.2, -0.15) is 0 Å². The van der Waals surface area contributed by atoms with E-state index in [-0.39, 0.29) is 35.7 Å². The van der Waals surface area contributed by atoms with Gasteiger partial charge in [-0.25, -0.2) is 9.18 Å². The lowest BCUT2D eigenvalue weighted by Gasteiger charge is -2.48. The fraction of sp³-hybridized carbons (Fsp3) is 0.375. The molecule has 2 aliphatic heterocycles. The second-order valence-electron chi connectivity index (χ2n) is 10.9. The summed E-state index contributed by atoms with van der Waals surface area (Å²) in [7, 11) is 0. The number of halogens is 1. The Balaban J connectivity index is 1.33. The van der Waals surface area contributed by atoms with Gasteiger partial charge in [-0.15, -0.1) is 0 Å². The number of hydrogen-bond acceptors (Lipinski definition) is 7. The molecule has 0 spiro atoms. The first-order valence-corrected chi connectivity index (χ1v) is 14.0. The van der Waals surface area contributed by atoms with Crippen molar-refractivity contribution in [2.24, 2.45) is 5.92 Å². The summed E-state index contributed by atoms with van der Waals surface area (Å²) in [6.07, 6.45) is -3.76. The molecular weight excluding hydrogens is 545 g/mol. The average molecular weight is 580 g/mol. The lowest BCUT2D eigenvalue weighted by atomic mass is 9.78. The summed E-state index contributed by atoms with van der Waals surface area (Å²) in [6, 6.07) is 19.7. The van der Waals surface area contributed by atoms with Crippen molar-refractivity contribution in [3.8, 4) is 0 Å². The zero-order chi connectivity index (χ0) is 30.0. The summed E-state index contributed by atoms with van der Waals surface area (Å²) in [5.74, 6) is -1.72. The van der Waals surface area contributed by atoms with Gasteiger partial charge in [-0.3, -0.25) is 4.79 Å². The first-order chi connectivity index (χ1) is 20.2. The molecule has 0 unspecified atom stereocenters. The van der Waals surface area contributed by atoms with E-state index in [0.29, 0.717) is 18.5 Å². The van der Waals surface area contributed by atoms with Gasteiger partial charge in [-0.1, -0.05) is 36.4 Å². The molecule has 0 aromatic heterocycles. The minimum atomic E-state index is -1.45. The Morgan fingerprint density at radius 2 is 1.45 bits per heavy atom. The number of ether oxygens (including phenoxy) is 1. The lowest BCUT2D eigenvalue weighted by molar-refractivity contribution is -0.228. The van der Waals surface area contributed by atoms with E-state index in [1.165, 1.54) is 24.3 Å². The highest BCUT2D eigenvalue weighted by molar-refractivity contribution is 6.03. The standard InChI is InChI=1S/C32H34FNO8/c33-22-12-6-18(7-13-22)2-1-3-24-27(34(31(24)39)23-14-10-21(11-15-23)32(40)41)20-8-4-19(5-9-20)16-25-28(36)30(38)29(37)26(17-35)42-25/h4-15,24-30,35-38H,1-3,16-17H2,(H,40,41)/t24-,25+,26-,27-,28+,29-,30-/m1/s1. The van der Waals surface area contributed by atoms with Gasteiger partial charge in [0.25, 0.3) is 0 Å². The lowest BCUT2D eigenvalue weighted by Crippen LogP contribution is -2.59. The Kier molecular flexibility index (Phi) is 9.00. The van der Waals surface area contributed by atoms with Gasteiger partial charge in [-0.05, 0) is 72.4 Å². The minimum absolute atomic E-state index is 0.0624. The molecule has 3 aromatic carbocycles. The highest BCUT2D eigenvalue weighted by Gasteiger charge is 2.48. The third-order valence-corrected chi connectivity index (χ3v) is 8.25. The number of aliphatic hydroxyl groups is 4. The van der Waals surface area contributed by atoms with Crippen molar-refractivity contribution >= 4 is 17.6 Å². The number of benzene rings is 3. The van der Waals surface area contributed by atoms with E-state index in [4.69, 9.17) is 4.74 Å². The number of rotatable bonds is 10. The maximum absolute atomic E-state index is 13.4. The van der Waals surface area contributed by atoms with Crippen LogP contribution in [0.1, 0.15) is 45.9 Å². The number of aryl methyl sites for hydroxylation is 1. The normalized spacial score (nSPS) is 27.5. The SMILES string of the molecule is O=C(O)c1ccc(N2C(=O)[C@H](CCCc3ccc(F)cc3)[C@H]2c2ccc(C[C@@H]3O[C@H](CO)[C@@H](O)[C@H](O)[C@H]3O)cc2)cc1. The first-order valence-electron chi connectivity index (χ1n) is 14.0. The summed E-state index contributed by atoms with van der Waals surface area (Å²) in [6.45, 7) is -0.498. The maximum atomic E-state index is 13.4. The number of amides is 1. The van der Waals surface area contributed by atoms with Gasteiger partial charge in [0.05, 0.1) is 30.2 Å². The summed E-state index contributed by atoms with van der Waals surface area (Å²) >= 11 is 0. The number of aromatic carboxylic acids is 1. The van der Waals surface area contributed by atoms with Crippen LogP contribution in [-0.4, -0.2) is 74.5 Å². The van der Waals surface area contributed by atoms with E-state index >= 15 is 0 Å².